The van der Waals surface area contributed by atoms with Crippen LogP contribution in [-0.2, 0) is 4.79 Å². The lowest BCUT2D eigenvalue weighted by Gasteiger charge is -2.26. The third-order valence-corrected chi connectivity index (χ3v) is 4.74. The summed E-state index contributed by atoms with van der Waals surface area (Å²) in [5.74, 6) is -0.0298. The van der Waals surface area contributed by atoms with E-state index in [4.69, 9.17) is 28.9 Å². The second-order valence-corrected chi connectivity index (χ2v) is 6.81. The average molecular weight is 345 g/mol. The first-order valence-electron chi connectivity index (χ1n) is 7.67. The zero-order valence-electron chi connectivity index (χ0n) is 12.4. The lowest BCUT2D eigenvalue weighted by Crippen LogP contribution is -2.44. The van der Waals surface area contributed by atoms with E-state index in [0.29, 0.717) is 28.1 Å². The molecule has 0 spiro atoms. The standard InChI is InChI=1S/C16H22Cl2N2O2/c17-11-6-7-14(12(18)9-11)20-16(22)15(21)13(19)8-10-4-2-1-3-5-10/h6-7,9-10,13,15,21H,1-5,8,19H2,(H,20,22)/t13-,15?/m1/s1. The third-order valence-electron chi connectivity index (χ3n) is 4.19. The molecule has 0 aliphatic heterocycles. The minimum Gasteiger partial charge on any atom is -0.382 e. The number of hydrogen-bond acceptors (Lipinski definition) is 3. The Bertz CT molecular complexity index is 519. The van der Waals surface area contributed by atoms with Crippen molar-refractivity contribution < 1.29 is 9.90 Å². The molecule has 4 N–H and O–H groups in total. The molecule has 2 rings (SSSR count). The largest absolute Gasteiger partial charge is 0.382 e. The van der Waals surface area contributed by atoms with Gasteiger partial charge in [0.1, 0.15) is 6.10 Å². The number of nitrogens with two attached hydrogens (primary N) is 1. The van der Waals surface area contributed by atoms with E-state index in [1.807, 2.05) is 0 Å². The van der Waals surface area contributed by atoms with E-state index in [0.717, 1.165) is 12.8 Å². The molecule has 1 aliphatic rings. The molecule has 0 radical (unpaired) electrons. The van der Waals surface area contributed by atoms with Crippen molar-refractivity contribution in [2.45, 2.75) is 50.7 Å². The van der Waals surface area contributed by atoms with Crippen molar-refractivity contribution in [1.82, 2.24) is 0 Å². The van der Waals surface area contributed by atoms with Gasteiger partial charge in [-0.15, -0.1) is 0 Å². The van der Waals surface area contributed by atoms with Crippen LogP contribution in [0.5, 0.6) is 0 Å². The third kappa shape index (κ3) is 4.85. The fourth-order valence-electron chi connectivity index (χ4n) is 2.93. The van der Waals surface area contributed by atoms with E-state index >= 15 is 0 Å². The highest BCUT2D eigenvalue weighted by molar-refractivity contribution is 6.36. The number of aliphatic hydroxyl groups excluding tert-OH is 1. The summed E-state index contributed by atoms with van der Waals surface area (Å²) in [5.41, 5.74) is 6.42. The van der Waals surface area contributed by atoms with Gasteiger partial charge in [-0.2, -0.15) is 0 Å². The second-order valence-electron chi connectivity index (χ2n) is 5.96. The van der Waals surface area contributed by atoms with Gasteiger partial charge in [0.15, 0.2) is 0 Å². The molecule has 1 aromatic carbocycles. The van der Waals surface area contributed by atoms with Gasteiger partial charge < -0.3 is 16.2 Å². The van der Waals surface area contributed by atoms with Crippen LogP contribution in [0.2, 0.25) is 10.0 Å². The molecule has 0 aromatic heterocycles. The summed E-state index contributed by atoms with van der Waals surface area (Å²) < 4.78 is 0. The van der Waals surface area contributed by atoms with Crippen molar-refractivity contribution in [1.29, 1.82) is 0 Å². The van der Waals surface area contributed by atoms with Crippen LogP contribution in [0.25, 0.3) is 0 Å². The predicted molar refractivity (Wildman–Crippen MR) is 90.3 cm³/mol. The Labute approximate surface area is 141 Å². The van der Waals surface area contributed by atoms with E-state index in [9.17, 15) is 9.90 Å². The molecular formula is C16H22Cl2N2O2. The number of carbonyl (C=O) groups is 1. The molecule has 1 saturated carbocycles. The molecule has 6 heteroatoms. The van der Waals surface area contributed by atoms with Crippen LogP contribution in [0.1, 0.15) is 38.5 Å². The minimum atomic E-state index is -1.24. The van der Waals surface area contributed by atoms with E-state index in [1.165, 1.54) is 25.3 Å². The van der Waals surface area contributed by atoms with Gasteiger partial charge >= 0.3 is 0 Å². The number of nitrogens with one attached hydrogen (secondary N) is 1. The van der Waals surface area contributed by atoms with Crippen molar-refractivity contribution in [3.63, 3.8) is 0 Å². The van der Waals surface area contributed by atoms with Crippen LogP contribution < -0.4 is 11.1 Å². The second kappa shape index (κ2) is 8.16. The van der Waals surface area contributed by atoms with E-state index in [-0.39, 0.29) is 0 Å². The topological polar surface area (TPSA) is 75.3 Å². The first-order valence-corrected chi connectivity index (χ1v) is 8.42. The Morgan fingerprint density at radius 1 is 1.32 bits per heavy atom. The normalized spacial score (nSPS) is 18.7. The molecule has 4 nitrogen and oxygen atoms in total. The summed E-state index contributed by atoms with van der Waals surface area (Å²) in [7, 11) is 0. The summed E-state index contributed by atoms with van der Waals surface area (Å²) >= 11 is 11.8. The maximum absolute atomic E-state index is 12.1. The van der Waals surface area contributed by atoms with Gasteiger partial charge in [-0.05, 0) is 30.5 Å². The van der Waals surface area contributed by atoms with Gasteiger partial charge in [-0.25, -0.2) is 0 Å². The Morgan fingerprint density at radius 3 is 2.64 bits per heavy atom. The molecule has 1 unspecified atom stereocenters. The van der Waals surface area contributed by atoms with Gasteiger partial charge in [-0.3, -0.25) is 4.79 Å². The van der Waals surface area contributed by atoms with Crippen molar-refractivity contribution in [3.8, 4) is 0 Å². The van der Waals surface area contributed by atoms with Crippen LogP contribution in [0.4, 0.5) is 5.69 Å². The molecule has 122 valence electrons. The van der Waals surface area contributed by atoms with Crippen LogP contribution in [-0.4, -0.2) is 23.2 Å². The lowest BCUT2D eigenvalue weighted by atomic mass is 9.84. The highest BCUT2D eigenvalue weighted by Gasteiger charge is 2.26. The highest BCUT2D eigenvalue weighted by Crippen LogP contribution is 2.28. The summed E-state index contributed by atoms with van der Waals surface area (Å²) in [6, 6.07) is 4.20. The summed E-state index contributed by atoms with van der Waals surface area (Å²) in [6.07, 6.45) is 5.37. The Hall–Kier alpha value is -0.810. The lowest BCUT2D eigenvalue weighted by molar-refractivity contribution is -0.125. The first kappa shape index (κ1) is 17.5. The van der Waals surface area contributed by atoms with Crippen LogP contribution in [0.15, 0.2) is 18.2 Å². The fraction of sp³-hybridized carbons (Fsp3) is 0.562. The molecule has 1 amide bonds. The first-order chi connectivity index (χ1) is 10.5. The quantitative estimate of drug-likeness (QED) is 0.763. The molecule has 22 heavy (non-hydrogen) atoms. The number of carbonyl (C=O) groups excluding carboxylic acids is 1. The number of aliphatic hydroxyl groups is 1. The number of halogens is 2. The molecule has 0 saturated heterocycles. The number of amides is 1. The Balaban J connectivity index is 1.90. The summed E-state index contributed by atoms with van der Waals surface area (Å²) in [5, 5.41) is 13.5. The van der Waals surface area contributed by atoms with Crippen molar-refractivity contribution in [2.75, 3.05) is 5.32 Å². The van der Waals surface area contributed by atoms with E-state index < -0.39 is 18.1 Å². The van der Waals surface area contributed by atoms with E-state index in [2.05, 4.69) is 5.32 Å². The molecule has 0 heterocycles. The Kier molecular flexibility index (Phi) is 6.50. The average Bonchev–Trinajstić information content (AvgIpc) is 2.50. The van der Waals surface area contributed by atoms with Gasteiger partial charge in [0.25, 0.3) is 5.91 Å². The van der Waals surface area contributed by atoms with Crippen LogP contribution in [0.3, 0.4) is 0 Å². The van der Waals surface area contributed by atoms with Crippen LogP contribution in [0, 0.1) is 5.92 Å². The minimum absolute atomic E-state index is 0.328. The van der Waals surface area contributed by atoms with Crippen molar-refractivity contribution in [3.05, 3.63) is 28.2 Å². The van der Waals surface area contributed by atoms with Gasteiger partial charge in [-0.1, -0.05) is 55.3 Å². The van der Waals surface area contributed by atoms with Gasteiger partial charge in [0.05, 0.1) is 10.7 Å². The highest BCUT2D eigenvalue weighted by atomic mass is 35.5. The number of rotatable bonds is 5. The number of benzene rings is 1. The smallest absolute Gasteiger partial charge is 0.254 e. The molecule has 2 atom stereocenters. The van der Waals surface area contributed by atoms with Crippen molar-refractivity contribution >= 4 is 34.8 Å². The summed E-state index contributed by atoms with van der Waals surface area (Å²) in [4.78, 5) is 12.1. The maximum Gasteiger partial charge on any atom is 0.254 e. The Morgan fingerprint density at radius 2 is 2.00 bits per heavy atom. The molecule has 0 bridgehead atoms. The molecular weight excluding hydrogens is 323 g/mol. The SMILES string of the molecule is N[C@H](CC1CCCCC1)C(O)C(=O)Nc1ccc(Cl)cc1Cl. The van der Waals surface area contributed by atoms with Crippen molar-refractivity contribution in [2.24, 2.45) is 11.7 Å². The van der Waals surface area contributed by atoms with Gasteiger partial charge in [0.2, 0.25) is 0 Å². The van der Waals surface area contributed by atoms with Crippen LogP contribution >= 0.6 is 23.2 Å². The number of anilines is 1. The zero-order valence-corrected chi connectivity index (χ0v) is 13.9. The number of hydrogen-bond donors (Lipinski definition) is 3. The summed E-state index contributed by atoms with van der Waals surface area (Å²) in [6.45, 7) is 0. The fourth-order valence-corrected chi connectivity index (χ4v) is 3.38. The molecule has 1 aliphatic carbocycles. The molecule has 1 fully saturated rings. The van der Waals surface area contributed by atoms with Gasteiger partial charge in [0, 0.05) is 11.1 Å². The zero-order chi connectivity index (χ0) is 16.1. The molecule has 1 aromatic rings. The monoisotopic (exact) mass is 344 g/mol. The predicted octanol–water partition coefficient (Wildman–Crippen LogP) is 3.59. The maximum atomic E-state index is 12.1. The van der Waals surface area contributed by atoms with E-state index in [1.54, 1.807) is 12.1 Å².